The Hall–Kier alpha value is -2.12. The second-order valence-electron chi connectivity index (χ2n) is 10.3. The van der Waals surface area contributed by atoms with Crippen LogP contribution < -0.4 is 5.32 Å². The maximum absolute atomic E-state index is 12.9. The Morgan fingerprint density at radius 2 is 1.85 bits per heavy atom. The fourth-order valence-corrected chi connectivity index (χ4v) is 5.93. The van der Waals surface area contributed by atoms with Gasteiger partial charge in [0, 0.05) is 74.8 Å². The van der Waals surface area contributed by atoms with E-state index in [0.717, 1.165) is 56.6 Å². The molecule has 3 aliphatic rings. The SMILES string of the molecule is Cc1c(CN2CCN(C(=O)C3CCCC3)[C@@H](C)C2)cc(Cl)cc1NC(=O)C[C@@H]1CCN(C)C1=O. The van der Waals surface area contributed by atoms with Crippen LogP contribution in [0.4, 0.5) is 5.69 Å². The van der Waals surface area contributed by atoms with E-state index >= 15 is 0 Å². The minimum absolute atomic E-state index is 0.0401. The summed E-state index contributed by atoms with van der Waals surface area (Å²) in [6.07, 6.45) is 5.33. The summed E-state index contributed by atoms with van der Waals surface area (Å²) in [5, 5.41) is 3.57. The molecule has 3 fully saturated rings. The predicted octanol–water partition coefficient (Wildman–Crippen LogP) is 3.68. The van der Waals surface area contributed by atoms with Crippen molar-refractivity contribution in [2.45, 2.75) is 65.0 Å². The molecule has 4 rings (SSSR count). The van der Waals surface area contributed by atoms with Crippen molar-refractivity contribution in [1.82, 2.24) is 14.7 Å². The number of amides is 3. The molecule has 0 unspecified atom stereocenters. The number of anilines is 1. The Bertz CT molecular complexity index is 946. The lowest BCUT2D eigenvalue weighted by atomic mass is 10.0. The number of benzene rings is 1. The van der Waals surface area contributed by atoms with Crippen molar-refractivity contribution >= 4 is 35.0 Å². The lowest BCUT2D eigenvalue weighted by Gasteiger charge is -2.41. The minimum atomic E-state index is -0.242. The monoisotopic (exact) mass is 488 g/mol. The van der Waals surface area contributed by atoms with Crippen molar-refractivity contribution in [3.05, 3.63) is 28.3 Å². The Morgan fingerprint density at radius 1 is 1.12 bits per heavy atom. The number of nitrogens with zero attached hydrogens (tertiary/aromatic N) is 3. The molecule has 0 bridgehead atoms. The summed E-state index contributed by atoms with van der Waals surface area (Å²) >= 11 is 6.42. The van der Waals surface area contributed by atoms with E-state index in [4.69, 9.17) is 11.6 Å². The molecule has 1 aromatic rings. The van der Waals surface area contributed by atoms with Crippen molar-refractivity contribution in [2.24, 2.45) is 11.8 Å². The minimum Gasteiger partial charge on any atom is -0.345 e. The van der Waals surface area contributed by atoms with Gasteiger partial charge in [-0.25, -0.2) is 0 Å². The van der Waals surface area contributed by atoms with Gasteiger partial charge in [0.2, 0.25) is 17.7 Å². The van der Waals surface area contributed by atoms with Crippen LogP contribution in [0, 0.1) is 18.8 Å². The first kappa shape index (κ1) is 25.0. The van der Waals surface area contributed by atoms with Crippen molar-refractivity contribution < 1.29 is 14.4 Å². The van der Waals surface area contributed by atoms with Crippen molar-refractivity contribution in [3.8, 4) is 0 Å². The summed E-state index contributed by atoms with van der Waals surface area (Å²) in [6.45, 7) is 7.96. The second-order valence-corrected chi connectivity index (χ2v) is 10.8. The number of halogens is 1. The van der Waals surface area contributed by atoms with Gasteiger partial charge in [0.1, 0.15) is 0 Å². The van der Waals surface area contributed by atoms with Crippen LogP contribution in [0.15, 0.2) is 12.1 Å². The van der Waals surface area contributed by atoms with Crippen LogP contribution in [0.3, 0.4) is 0 Å². The molecule has 2 atom stereocenters. The van der Waals surface area contributed by atoms with Crippen molar-refractivity contribution in [1.29, 1.82) is 0 Å². The molecular formula is C26H37ClN4O3. The number of rotatable bonds is 6. The molecule has 3 amide bonds. The van der Waals surface area contributed by atoms with E-state index in [9.17, 15) is 14.4 Å². The Labute approximate surface area is 207 Å². The predicted molar refractivity (Wildman–Crippen MR) is 134 cm³/mol. The summed E-state index contributed by atoms with van der Waals surface area (Å²) in [5.41, 5.74) is 2.77. The van der Waals surface area contributed by atoms with E-state index in [1.807, 2.05) is 13.0 Å². The van der Waals surface area contributed by atoms with Gasteiger partial charge in [-0.1, -0.05) is 24.4 Å². The quantitative estimate of drug-likeness (QED) is 0.663. The Kier molecular flexibility index (Phi) is 7.83. The average Bonchev–Trinajstić information content (AvgIpc) is 3.43. The van der Waals surface area contributed by atoms with E-state index in [2.05, 4.69) is 22.0 Å². The van der Waals surface area contributed by atoms with E-state index in [-0.39, 0.29) is 36.1 Å². The zero-order chi connectivity index (χ0) is 24.4. The molecule has 0 spiro atoms. The van der Waals surface area contributed by atoms with E-state index in [1.165, 1.54) is 12.8 Å². The summed E-state index contributed by atoms with van der Waals surface area (Å²) in [6, 6.07) is 3.92. The maximum atomic E-state index is 12.9. The molecule has 2 heterocycles. The van der Waals surface area contributed by atoms with E-state index in [0.29, 0.717) is 23.2 Å². The van der Waals surface area contributed by atoms with Gasteiger partial charge in [-0.15, -0.1) is 0 Å². The van der Waals surface area contributed by atoms with Crippen molar-refractivity contribution in [2.75, 3.05) is 38.5 Å². The topological polar surface area (TPSA) is 73.0 Å². The molecule has 34 heavy (non-hydrogen) atoms. The van der Waals surface area contributed by atoms with E-state index in [1.54, 1.807) is 18.0 Å². The zero-order valence-corrected chi connectivity index (χ0v) is 21.4. The molecule has 7 nitrogen and oxygen atoms in total. The molecule has 186 valence electrons. The van der Waals surface area contributed by atoms with Gasteiger partial charge in [-0.05, 0) is 56.4 Å². The summed E-state index contributed by atoms with van der Waals surface area (Å²) < 4.78 is 0. The third kappa shape index (κ3) is 5.57. The van der Waals surface area contributed by atoms with Crippen LogP contribution in [-0.4, -0.2) is 71.7 Å². The van der Waals surface area contributed by atoms with Crippen molar-refractivity contribution in [3.63, 3.8) is 0 Å². The molecule has 0 radical (unpaired) electrons. The highest BCUT2D eigenvalue weighted by atomic mass is 35.5. The number of nitrogens with one attached hydrogen (secondary N) is 1. The molecule has 8 heteroatoms. The van der Waals surface area contributed by atoms with Gasteiger partial charge >= 0.3 is 0 Å². The lowest BCUT2D eigenvalue weighted by molar-refractivity contribution is -0.140. The van der Waals surface area contributed by atoms with Crippen LogP contribution in [0.5, 0.6) is 0 Å². The van der Waals surface area contributed by atoms with Gasteiger partial charge in [0.05, 0.1) is 0 Å². The average molecular weight is 489 g/mol. The first-order valence-corrected chi connectivity index (χ1v) is 13.0. The van der Waals surface area contributed by atoms with E-state index < -0.39 is 0 Å². The highest BCUT2D eigenvalue weighted by Gasteiger charge is 2.33. The number of likely N-dealkylation sites (tertiary alicyclic amines) is 1. The van der Waals surface area contributed by atoms with Gasteiger partial charge < -0.3 is 15.1 Å². The Balaban J connectivity index is 1.37. The highest BCUT2D eigenvalue weighted by molar-refractivity contribution is 6.31. The number of piperazine rings is 1. The number of hydrogen-bond acceptors (Lipinski definition) is 4. The first-order valence-electron chi connectivity index (χ1n) is 12.6. The molecule has 1 N–H and O–H groups in total. The molecule has 1 aliphatic carbocycles. The molecule has 2 saturated heterocycles. The lowest BCUT2D eigenvalue weighted by Crippen LogP contribution is -2.54. The molecule has 2 aliphatic heterocycles. The summed E-state index contributed by atoms with van der Waals surface area (Å²) in [5.74, 6) is 0.195. The largest absolute Gasteiger partial charge is 0.345 e. The number of hydrogen-bond donors (Lipinski definition) is 1. The third-order valence-corrected chi connectivity index (χ3v) is 8.04. The molecule has 0 aromatic heterocycles. The smallest absolute Gasteiger partial charge is 0.226 e. The van der Waals surface area contributed by atoms with Gasteiger partial charge in [0.25, 0.3) is 0 Å². The maximum Gasteiger partial charge on any atom is 0.226 e. The van der Waals surface area contributed by atoms with Crippen LogP contribution in [-0.2, 0) is 20.9 Å². The van der Waals surface area contributed by atoms with Gasteiger partial charge in [-0.3, -0.25) is 19.3 Å². The van der Waals surface area contributed by atoms with Gasteiger partial charge in [0.15, 0.2) is 0 Å². The molecular weight excluding hydrogens is 452 g/mol. The number of carbonyl (C=O) groups excluding carboxylic acids is 3. The molecule has 1 aromatic carbocycles. The van der Waals surface area contributed by atoms with Crippen LogP contribution in [0.25, 0.3) is 0 Å². The fourth-order valence-electron chi connectivity index (χ4n) is 5.69. The summed E-state index contributed by atoms with van der Waals surface area (Å²) in [4.78, 5) is 43.8. The van der Waals surface area contributed by atoms with Gasteiger partial charge in [-0.2, -0.15) is 0 Å². The standard InChI is InChI=1S/C26H37ClN4O3/c1-17-15-30(10-11-31(17)26(34)19-6-4-5-7-19)16-21-12-22(27)14-23(18(21)2)28-24(32)13-20-8-9-29(3)25(20)33/h12,14,17,19-20H,4-11,13,15-16H2,1-3H3,(H,28,32)/t17-,20-/m0/s1. The third-order valence-electron chi connectivity index (χ3n) is 7.82. The zero-order valence-electron chi connectivity index (χ0n) is 20.6. The van der Waals surface area contributed by atoms with Crippen LogP contribution in [0.2, 0.25) is 5.02 Å². The Morgan fingerprint density at radius 3 is 2.50 bits per heavy atom. The second kappa shape index (κ2) is 10.6. The summed E-state index contributed by atoms with van der Waals surface area (Å²) in [7, 11) is 1.78. The fraction of sp³-hybridized carbons (Fsp3) is 0.654. The number of carbonyl (C=O) groups is 3. The highest BCUT2D eigenvalue weighted by Crippen LogP contribution is 2.30. The van der Waals surface area contributed by atoms with Crippen LogP contribution in [0.1, 0.15) is 56.6 Å². The molecule has 1 saturated carbocycles. The first-order chi connectivity index (χ1) is 16.2. The normalized spacial score (nSPS) is 24.2. The van der Waals surface area contributed by atoms with Crippen LogP contribution >= 0.6 is 11.6 Å².